The standard InChI is InChI=1S/C21H24O9/c1-10-5-4-6-14(23)19(25)16(29-11(2)22)9-17-20(30-17)13-7-12(27-3)8-15(24)18(13)21(26)28-10/h4,6-8,10,16-17,19-20,24-25H,5,9H2,1-3H3/b6-4-/t10-,16-,17+,19+,20+/m0/s1. The minimum atomic E-state index is -1.56. The Bertz CT molecular complexity index is 875. The summed E-state index contributed by atoms with van der Waals surface area (Å²) >= 11 is 0. The van der Waals surface area contributed by atoms with Crippen LogP contribution in [-0.2, 0) is 23.8 Å². The SMILES string of the molecule is COc1cc(O)c2c(c1)[C@H]1O[C@@H]1C[C@H](OC(C)=O)[C@H](O)C(=O)/C=C\C[C@H](C)OC2=O. The Kier molecular flexibility index (Phi) is 6.42. The number of aliphatic hydroxyl groups excluding tert-OH is 1. The number of hydrogen-bond donors (Lipinski definition) is 2. The number of carbonyl (C=O) groups is 3. The lowest BCUT2D eigenvalue weighted by Crippen LogP contribution is -2.37. The number of ether oxygens (including phenoxy) is 4. The van der Waals surface area contributed by atoms with Crippen LogP contribution in [0.25, 0.3) is 0 Å². The minimum absolute atomic E-state index is 0.0217. The molecule has 1 saturated heterocycles. The Hall–Kier alpha value is -2.91. The number of phenols is 1. The monoisotopic (exact) mass is 420 g/mol. The number of aromatic hydroxyl groups is 1. The van der Waals surface area contributed by atoms with Crippen molar-refractivity contribution >= 4 is 17.7 Å². The molecular formula is C21H24O9. The van der Waals surface area contributed by atoms with E-state index in [0.717, 1.165) is 0 Å². The molecule has 0 amide bonds. The van der Waals surface area contributed by atoms with Gasteiger partial charge in [0.2, 0.25) is 0 Å². The number of carbonyl (C=O) groups excluding carboxylic acids is 3. The summed E-state index contributed by atoms with van der Waals surface area (Å²) in [4.78, 5) is 36.4. The molecule has 0 saturated carbocycles. The molecule has 2 heterocycles. The van der Waals surface area contributed by atoms with Crippen LogP contribution in [0.1, 0.15) is 48.7 Å². The maximum absolute atomic E-state index is 12.7. The van der Waals surface area contributed by atoms with E-state index >= 15 is 0 Å². The summed E-state index contributed by atoms with van der Waals surface area (Å²) < 4.78 is 21.3. The molecule has 5 atom stereocenters. The molecule has 0 radical (unpaired) electrons. The van der Waals surface area contributed by atoms with Crippen molar-refractivity contribution in [2.45, 2.75) is 57.2 Å². The number of benzene rings is 1. The first-order valence-electron chi connectivity index (χ1n) is 9.54. The highest BCUT2D eigenvalue weighted by Crippen LogP contribution is 2.46. The van der Waals surface area contributed by atoms with Crippen LogP contribution in [0.3, 0.4) is 0 Å². The summed E-state index contributed by atoms with van der Waals surface area (Å²) in [6.45, 7) is 2.81. The smallest absolute Gasteiger partial charge is 0.342 e. The van der Waals surface area contributed by atoms with Gasteiger partial charge < -0.3 is 29.2 Å². The van der Waals surface area contributed by atoms with Gasteiger partial charge in [0.25, 0.3) is 0 Å². The van der Waals surface area contributed by atoms with Crippen molar-refractivity contribution in [3.8, 4) is 11.5 Å². The predicted octanol–water partition coefficient (Wildman–Crippen LogP) is 1.60. The molecule has 0 aromatic heterocycles. The summed E-state index contributed by atoms with van der Waals surface area (Å²) in [6.07, 6.45) is -1.62. The molecule has 1 aromatic rings. The Labute approximate surface area is 173 Å². The van der Waals surface area contributed by atoms with Gasteiger partial charge in [-0.15, -0.1) is 0 Å². The first-order chi connectivity index (χ1) is 14.2. The fraction of sp³-hybridized carbons (Fsp3) is 0.476. The number of methoxy groups -OCH3 is 1. The quantitative estimate of drug-likeness (QED) is 0.541. The molecule has 2 aliphatic heterocycles. The molecular weight excluding hydrogens is 396 g/mol. The van der Waals surface area contributed by atoms with Crippen LogP contribution in [-0.4, -0.2) is 59.5 Å². The lowest BCUT2D eigenvalue weighted by atomic mass is 9.96. The largest absolute Gasteiger partial charge is 0.507 e. The number of cyclic esters (lactones) is 1. The highest BCUT2D eigenvalue weighted by molar-refractivity contribution is 5.95. The zero-order chi connectivity index (χ0) is 22.0. The van der Waals surface area contributed by atoms with Crippen LogP contribution in [0.15, 0.2) is 24.3 Å². The topological polar surface area (TPSA) is 132 Å². The van der Waals surface area contributed by atoms with Gasteiger partial charge >= 0.3 is 11.9 Å². The lowest BCUT2D eigenvalue weighted by molar-refractivity contribution is -0.155. The molecule has 0 bridgehead atoms. The highest BCUT2D eigenvalue weighted by atomic mass is 16.6. The first kappa shape index (κ1) is 21.8. The maximum atomic E-state index is 12.7. The van der Waals surface area contributed by atoms with Crippen molar-refractivity contribution in [2.24, 2.45) is 0 Å². The number of hydrogen-bond acceptors (Lipinski definition) is 9. The van der Waals surface area contributed by atoms with Gasteiger partial charge in [-0.25, -0.2) is 4.79 Å². The first-order valence-corrected chi connectivity index (χ1v) is 9.54. The Morgan fingerprint density at radius 2 is 2.00 bits per heavy atom. The van der Waals surface area contributed by atoms with Crippen molar-refractivity contribution in [2.75, 3.05) is 7.11 Å². The molecule has 162 valence electrons. The van der Waals surface area contributed by atoms with Gasteiger partial charge in [-0.1, -0.05) is 6.08 Å². The second-order valence-corrected chi connectivity index (χ2v) is 7.29. The second kappa shape index (κ2) is 8.85. The number of aliphatic hydroxyl groups is 1. The van der Waals surface area contributed by atoms with E-state index in [4.69, 9.17) is 18.9 Å². The van der Waals surface area contributed by atoms with Crippen LogP contribution in [0.5, 0.6) is 11.5 Å². The number of phenolic OH excluding ortho intramolecular Hbond substituents is 1. The lowest BCUT2D eigenvalue weighted by Gasteiger charge is -2.21. The molecule has 1 fully saturated rings. The molecule has 3 rings (SSSR count). The number of rotatable bonds is 2. The van der Waals surface area contributed by atoms with Crippen molar-refractivity contribution < 1.29 is 43.5 Å². The van der Waals surface area contributed by atoms with Gasteiger partial charge in [-0.05, 0) is 19.1 Å². The van der Waals surface area contributed by atoms with E-state index in [-0.39, 0.29) is 24.2 Å². The summed E-state index contributed by atoms with van der Waals surface area (Å²) in [7, 11) is 1.42. The van der Waals surface area contributed by atoms with Crippen molar-refractivity contribution in [3.63, 3.8) is 0 Å². The number of esters is 2. The summed E-state index contributed by atoms with van der Waals surface area (Å²) in [5.74, 6) is -2.01. The van der Waals surface area contributed by atoms with E-state index in [2.05, 4.69) is 0 Å². The van der Waals surface area contributed by atoms with Gasteiger partial charge in [0, 0.05) is 31.4 Å². The van der Waals surface area contributed by atoms with Crippen LogP contribution < -0.4 is 4.74 Å². The molecule has 1 aromatic carbocycles. The van der Waals surface area contributed by atoms with E-state index in [1.807, 2.05) is 0 Å². The van der Waals surface area contributed by atoms with Crippen LogP contribution >= 0.6 is 0 Å². The minimum Gasteiger partial charge on any atom is -0.507 e. The van der Waals surface area contributed by atoms with Crippen molar-refractivity contribution in [3.05, 3.63) is 35.4 Å². The third kappa shape index (κ3) is 4.80. The Morgan fingerprint density at radius 1 is 1.27 bits per heavy atom. The molecule has 2 N–H and O–H groups in total. The van der Waals surface area contributed by atoms with Crippen LogP contribution in [0.4, 0.5) is 0 Å². The summed E-state index contributed by atoms with van der Waals surface area (Å²) in [5.41, 5.74) is 0.306. The third-order valence-corrected chi connectivity index (χ3v) is 4.93. The van der Waals surface area contributed by atoms with Gasteiger partial charge in [-0.3, -0.25) is 9.59 Å². The molecule has 0 unspecified atom stereocenters. The number of epoxide rings is 1. The average molecular weight is 420 g/mol. The molecule has 30 heavy (non-hydrogen) atoms. The highest BCUT2D eigenvalue weighted by Gasteiger charge is 2.47. The van der Waals surface area contributed by atoms with Crippen molar-refractivity contribution in [1.82, 2.24) is 0 Å². The van der Waals surface area contributed by atoms with Gasteiger partial charge in [0.05, 0.1) is 13.2 Å². The molecule has 0 aliphatic carbocycles. The van der Waals surface area contributed by atoms with Gasteiger partial charge in [-0.2, -0.15) is 0 Å². The normalized spacial score (nSPS) is 30.2. The average Bonchev–Trinajstić information content (AvgIpc) is 3.43. The molecule has 9 nitrogen and oxygen atoms in total. The summed E-state index contributed by atoms with van der Waals surface area (Å²) in [5, 5.41) is 20.8. The number of ketones is 1. The molecule has 2 aliphatic rings. The third-order valence-electron chi connectivity index (χ3n) is 4.93. The Balaban J connectivity index is 2.00. The molecule has 0 spiro atoms. The fourth-order valence-electron chi connectivity index (χ4n) is 3.41. The van der Waals surface area contributed by atoms with E-state index < -0.39 is 48.2 Å². The van der Waals surface area contributed by atoms with E-state index in [0.29, 0.717) is 11.3 Å². The molecule has 9 heteroatoms. The second-order valence-electron chi connectivity index (χ2n) is 7.29. The zero-order valence-electron chi connectivity index (χ0n) is 16.9. The predicted molar refractivity (Wildman–Crippen MR) is 102 cm³/mol. The maximum Gasteiger partial charge on any atom is 0.342 e. The van der Waals surface area contributed by atoms with Gasteiger partial charge in [0.15, 0.2) is 11.9 Å². The van der Waals surface area contributed by atoms with E-state index in [9.17, 15) is 24.6 Å². The van der Waals surface area contributed by atoms with Crippen LogP contribution in [0.2, 0.25) is 0 Å². The Morgan fingerprint density at radius 3 is 2.67 bits per heavy atom. The van der Waals surface area contributed by atoms with E-state index in [1.165, 1.54) is 32.3 Å². The van der Waals surface area contributed by atoms with Gasteiger partial charge in [0.1, 0.15) is 35.4 Å². The van der Waals surface area contributed by atoms with Crippen LogP contribution in [0, 0.1) is 0 Å². The zero-order valence-corrected chi connectivity index (χ0v) is 16.9. The van der Waals surface area contributed by atoms with Crippen molar-refractivity contribution in [1.29, 1.82) is 0 Å². The fourth-order valence-corrected chi connectivity index (χ4v) is 3.41. The number of fused-ring (bicyclic) bond motifs is 3. The van der Waals surface area contributed by atoms with E-state index in [1.54, 1.807) is 13.0 Å². The summed E-state index contributed by atoms with van der Waals surface area (Å²) in [6, 6.07) is 2.86.